The van der Waals surface area contributed by atoms with Gasteiger partial charge in [-0.2, -0.15) is 0 Å². The number of amides is 2. The predicted octanol–water partition coefficient (Wildman–Crippen LogP) is 2.83. The highest BCUT2D eigenvalue weighted by atomic mass is 32.2. The first kappa shape index (κ1) is 22.8. The Hall–Kier alpha value is -3.33. The molecule has 2 aromatic carbocycles. The van der Waals surface area contributed by atoms with E-state index < -0.39 is 0 Å². The summed E-state index contributed by atoms with van der Waals surface area (Å²) >= 11 is 1.35. The van der Waals surface area contributed by atoms with E-state index >= 15 is 0 Å². The summed E-state index contributed by atoms with van der Waals surface area (Å²) in [6, 6.07) is 14.3. The summed E-state index contributed by atoms with van der Waals surface area (Å²) in [6.07, 6.45) is 1.77. The number of H-pyrrole nitrogens is 1. The first-order valence-corrected chi connectivity index (χ1v) is 11.9. The molecular weight excluding hydrogens is 440 g/mol. The Morgan fingerprint density at radius 3 is 2.61 bits per heavy atom. The molecule has 0 aliphatic carbocycles. The minimum Gasteiger partial charge on any atom is -0.497 e. The molecule has 3 aromatic rings. The summed E-state index contributed by atoms with van der Waals surface area (Å²) < 4.78 is 5.13. The van der Waals surface area contributed by atoms with Gasteiger partial charge in [0.05, 0.1) is 18.0 Å². The van der Waals surface area contributed by atoms with Gasteiger partial charge in [-0.05, 0) is 49.2 Å². The van der Waals surface area contributed by atoms with Gasteiger partial charge in [0, 0.05) is 36.9 Å². The smallest absolute Gasteiger partial charge is 0.259 e. The van der Waals surface area contributed by atoms with Crippen molar-refractivity contribution in [2.45, 2.75) is 30.5 Å². The summed E-state index contributed by atoms with van der Waals surface area (Å²) in [5, 5.41) is 4.12. The van der Waals surface area contributed by atoms with Gasteiger partial charge in [0.25, 0.3) is 11.5 Å². The molecule has 0 unspecified atom stereocenters. The molecule has 8 nitrogen and oxygen atoms in total. The summed E-state index contributed by atoms with van der Waals surface area (Å²) in [5.41, 5.74) is 1.10. The first-order valence-electron chi connectivity index (χ1n) is 10.9. The van der Waals surface area contributed by atoms with E-state index in [0.717, 1.165) is 12.8 Å². The number of aromatic amines is 1. The second kappa shape index (κ2) is 10.5. The number of aromatic nitrogens is 2. The van der Waals surface area contributed by atoms with Crippen molar-refractivity contribution in [2.24, 2.45) is 0 Å². The van der Waals surface area contributed by atoms with Gasteiger partial charge in [-0.15, -0.1) is 0 Å². The summed E-state index contributed by atoms with van der Waals surface area (Å²) in [4.78, 5) is 46.2. The Morgan fingerprint density at radius 1 is 1.15 bits per heavy atom. The van der Waals surface area contributed by atoms with Crippen LogP contribution in [0.1, 0.15) is 29.6 Å². The number of nitrogens with zero attached hydrogens (tertiary/aromatic N) is 2. The highest BCUT2D eigenvalue weighted by Crippen LogP contribution is 2.18. The number of methoxy groups -OCH3 is 1. The maximum absolute atomic E-state index is 12.7. The molecule has 33 heavy (non-hydrogen) atoms. The Labute approximate surface area is 195 Å². The highest BCUT2D eigenvalue weighted by Gasteiger charge is 2.24. The topological polar surface area (TPSA) is 104 Å². The number of likely N-dealkylation sites (tertiary alicyclic amines) is 1. The second-order valence-electron chi connectivity index (χ2n) is 7.85. The molecule has 4 rings (SSSR count). The van der Waals surface area contributed by atoms with Crippen molar-refractivity contribution in [3.8, 4) is 5.75 Å². The van der Waals surface area contributed by atoms with Gasteiger partial charge in [0.2, 0.25) is 5.91 Å². The number of benzene rings is 2. The van der Waals surface area contributed by atoms with Crippen molar-refractivity contribution in [1.82, 2.24) is 20.2 Å². The fourth-order valence-corrected chi connectivity index (χ4v) is 4.63. The van der Waals surface area contributed by atoms with Crippen LogP contribution >= 0.6 is 11.8 Å². The van der Waals surface area contributed by atoms with E-state index in [-0.39, 0.29) is 23.4 Å². The van der Waals surface area contributed by atoms with Crippen molar-refractivity contribution in [2.75, 3.05) is 26.0 Å². The van der Waals surface area contributed by atoms with Gasteiger partial charge in [-0.25, -0.2) is 4.98 Å². The van der Waals surface area contributed by atoms with Crippen LogP contribution in [-0.4, -0.2) is 58.7 Å². The zero-order valence-electron chi connectivity index (χ0n) is 18.4. The number of fused-ring (bicyclic) bond motifs is 1. The largest absolute Gasteiger partial charge is 0.497 e. The lowest BCUT2D eigenvalue weighted by Gasteiger charge is -2.32. The van der Waals surface area contributed by atoms with Crippen LogP contribution in [0.15, 0.2) is 58.5 Å². The van der Waals surface area contributed by atoms with Crippen LogP contribution in [0.4, 0.5) is 0 Å². The molecule has 0 saturated carbocycles. The van der Waals surface area contributed by atoms with Gasteiger partial charge < -0.3 is 19.9 Å². The number of hydrogen-bond donors (Lipinski definition) is 2. The summed E-state index contributed by atoms with van der Waals surface area (Å²) in [6.45, 7) is 1.21. The van der Waals surface area contributed by atoms with E-state index in [1.54, 1.807) is 49.6 Å². The fourth-order valence-electron chi connectivity index (χ4n) is 3.82. The molecule has 0 radical (unpaired) electrons. The van der Waals surface area contributed by atoms with Crippen molar-refractivity contribution in [3.05, 3.63) is 64.4 Å². The van der Waals surface area contributed by atoms with E-state index in [1.807, 2.05) is 11.0 Å². The van der Waals surface area contributed by atoms with Crippen molar-refractivity contribution < 1.29 is 14.3 Å². The molecule has 1 fully saturated rings. The summed E-state index contributed by atoms with van der Waals surface area (Å²) in [7, 11) is 1.59. The van der Waals surface area contributed by atoms with Crippen LogP contribution in [0.3, 0.4) is 0 Å². The minimum absolute atomic E-state index is 0.00397. The predicted molar refractivity (Wildman–Crippen MR) is 128 cm³/mol. The molecule has 9 heteroatoms. The average molecular weight is 467 g/mol. The van der Waals surface area contributed by atoms with Gasteiger partial charge in [0.15, 0.2) is 5.16 Å². The number of rotatable bonds is 7. The van der Waals surface area contributed by atoms with Crippen LogP contribution in [0.2, 0.25) is 0 Å². The molecule has 0 atom stereocenters. The lowest BCUT2D eigenvalue weighted by Crippen LogP contribution is -2.46. The SMILES string of the molecule is COc1ccc(C(=O)N2CCC(NC(=O)CCSc3nc4ccccc4c(=O)[nH]3)CC2)cc1. The van der Waals surface area contributed by atoms with E-state index in [9.17, 15) is 14.4 Å². The second-order valence-corrected chi connectivity index (χ2v) is 8.93. The lowest BCUT2D eigenvalue weighted by atomic mass is 10.0. The van der Waals surface area contributed by atoms with Crippen molar-refractivity contribution in [3.63, 3.8) is 0 Å². The normalized spacial score (nSPS) is 14.3. The standard InChI is InChI=1S/C24H26N4O4S/c1-32-18-8-6-16(7-9-18)23(31)28-13-10-17(11-14-28)25-21(29)12-15-33-24-26-20-5-3-2-4-19(20)22(30)27-24/h2-9,17H,10-15H2,1H3,(H,25,29)(H,26,27,30). The van der Waals surface area contributed by atoms with Crippen LogP contribution in [-0.2, 0) is 4.79 Å². The van der Waals surface area contributed by atoms with E-state index in [4.69, 9.17) is 4.74 Å². The third kappa shape index (κ3) is 5.73. The number of thioether (sulfide) groups is 1. The monoisotopic (exact) mass is 466 g/mol. The quantitative estimate of drug-likeness (QED) is 0.410. The molecule has 2 N–H and O–H groups in total. The number of para-hydroxylation sites is 1. The molecule has 1 aliphatic rings. The third-order valence-corrected chi connectivity index (χ3v) is 6.52. The van der Waals surface area contributed by atoms with Gasteiger partial charge in [-0.1, -0.05) is 23.9 Å². The molecule has 1 aromatic heterocycles. The molecular formula is C24H26N4O4S. The van der Waals surface area contributed by atoms with E-state index in [1.165, 1.54) is 11.8 Å². The zero-order valence-corrected chi connectivity index (χ0v) is 19.2. The first-order chi connectivity index (χ1) is 16.0. The third-order valence-electron chi connectivity index (χ3n) is 5.64. The van der Waals surface area contributed by atoms with Crippen LogP contribution in [0.25, 0.3) is 10.9 Å². The molecule has 1 saturated heterocycles. The van der Waals surface area contributed by atoms with Gasteiger partial charge >= 0.3 is 0 Å². The number of hydrogen-bond acceptors (Lipinski definition) is 6. The van der Waals surface area contributed by atoms with Gasteiger partial charge in [0.1, 0.15) is 5.75 Å². The minimum atomic E-state index is -0.177. The van der Waals surface area contributed by atoms with Crippen LogP contribution in [0, 0.1) is 0 Å². The van der Waals surface area contributed by atoms with Crippen LogP contribution in [0.5, 0.6) is 5.75 Å². The number of carbonyl (C=O) groups excluding carboxylic acids is 2. The Balaban J connectivity index is 1.21. The van der Waals surface area contributed by atoms with E-state index in [2.05, 4.69) is 15.3 Å². The zero-order chi connectivity index (χ0) is 23.2. The summed E-state index contributed by atoms with van der Waals surface area (Å²) in [5.74, 6) is 1.19. The van der Waals surface area contributed by atoms with Crippen molar-refractivity contribution >= 4 is 34.5 Å². The number of carbonyl (C=O) groups is 2. The number of nitrogens with one attached hydrogen (secondary N) is 2. The fraction of sp³-hybridized carbons (Fsp3) is 0.333. The maximum atomic E-state index is 12.7. The maximum Gasteiger partial charge on any atom is 0.259 e. The Kier molecular flexibility index (Phi) is 7.29. The molecule has 2 heterocycles. The Bertz CT molecular complexity index is 1190. The van der Waals surface area contributed by atoms with Crippen LogP contribution < -0.4 is 15.6 Å². The lowest BCUT2D eigenvalue weighted by molar-refractivity contribution is -0.121. The number of ether oxygens (including phenoxy) is 1. The highest BCUT2D eigenvalue weighted by molar-refractivity contribution is 7.99. The average Bonchev–Trinajstić information content (AvgIpc) is 2.84. The molecule has 0 bridgehead atoms. The molecule has 2 amide bonds. The number of piperidine rings is 1. The van der Waals surface area contributed by atoms with Gasteiger partial charge in [-0.3, -0.25) is 14.4 Å². The Morgan fingerprint density at radius 2 is 1.88 bits per heavy atom. The molecule has 0 spiro atoms. The molecule has 1 aliphatic heterocycles. The van der Waals surface area contributed by atoms with E-state index in [0.29, 0.717) is 52.6 Å². The molecule has 172 valence electrons. The van der Waals surface area contributed by atoms with Crippen molar-refractivity contribution in [1.29, 1.82) is 0 Å².